The van der Waals surface area contributed by atoms with E-state index in [-0.39, 0.29) is 17.9 Å². The van der Waals surface area contributed by atoms with Gasteiger partial charge in [0.05, 0.1) is 12.5 Å². The van der Waals surface area contributed by atoms with Crippen LogP contribution < -0.4 is 10.6 Å². The van der Waals surface area contributed by atoms with Crippen molar-refractivity contribution in [2.75, 3.05) is 20.2 Å². The summed E-state index contributed by atoms with van der Waals surface area (Å²) in [6.07, 6.45) is 0.966. The first kappa shape index (κ1) is 15.1. The van der Waals surface area contributed by atoms with Crippen molar-refractivity contribution in [1.29, 1.82) is 0 Å². The fourth-order valence-electron chi connectivity index (χ4n) is 3.33. The molecule has 6 heteroatoms. The molecule has 1 saturated carbocycles. The van der Waals surface area contributed by atoms with E-state index < -0.39 is 17.1 Å². The molecule has 2 fully saturated rings. The minimum absolute atomic E-state index is 0.0314. The van der Waals surface area contributed by atoms with E-state index >= 15 is 0 Å². The van der Waals surface area contributed by atoms with Crippen LogP contribution in [0.15, 0.2) is 0 Å². The first-order chi connectivity index (χ1) is 9.27. The van der Waals surface area contributed by atoms with Crippen molar-refractivity contribution >= 4 is 12.1 Å². The zero-order valence-corrected chi connectivity index (χ0v) is 12.6. The van der Waals surface area contributed by atoms with Crippen molar-refractivity contribution in [3.05, 3.63) is 0 Å². The van der Waals surface area contributed by atoms with Crippen LogP contribution in [0.4, 0.5) is 4.79 Å². The highest BCUT2D eigenvalue weighted by Gasteiger charge is 2.56. The number of methoxy groups -OCH3 is 1. The third-order valence-corrected chi connectivity index (χ3v) is 4.11. The Hall–Kier alpha value is -1.30. The molecule has 0 aromatic heterocycles. The largest absolute Gasteiger partial charge is 0.469 e. The van der Waals surface area contributed by atoms with Crippen LogP contribution in [0.2, 0.25) is 0 Å². The summed E-state index contributed by atoms with van der Waals surface area (Å²) >= 11 is 0. The zero-order valence-electron chi connectivity index (χ0n) is 12.6. The second kappa shape index (κ2) is 5.24. The van der Waals surface area contributed by atoms with Gasteiger partial charge in [-0.2, -0.15) is 0 Å². The maximum atomic E-state index is 12.1. The molecule has 2 rings (SSSR count). The van der Waals surface area contributed by atoms with E-state index in [0.29, 0.717) is 13.0 Å². The highest BCUT2D eigenvalue weighted by molar-refractivity contribution is 5.79. The number of amides is 1. The minimum Gasteiger partial charge on any atom is -0.469 e. The van der Waals surface area contributed by atoms with Gasteiger partial charge in [0, 0.05) is 12.6 Å². The summed E-state index contributed by atoms with van der Waals surface area (Å²) in [5.74, 6) is 0.0378. The lowest BCUT2D eigenvalue weighted by Gasteiger charge is -2.25. The summed E-state index contributed by atoms with van der Waals surface area (Å²) < 4.78 is 10.2. The highest BCUT2D eigenvalue weighted by Crippen LogP contribution is 2.46. The molecule has 2 aliphatic rings. The molecule has 1 saturated heterocycles. The molecule has 1 aliphatic carbocycles. The van der Waals surface area contributed by atoms with Gasteiger partial charge in [-0.15, -0.1) is 0 Å². The maximum absolute atomic E-state index is 12.1. The molecule has 3 atom stereocenters. The van der Waals surface area contributed by atoms with Gasteiger partial charge in [0.15, 0.2) is 0 Å². The molecule has 0 unspecified atom stereocenters. The number of fused-ring (bicyclic) bond motifs is 1. The van der Waals surface area contributed by atoms with Gasteiger partial charge in [-0.1, -0.05) is 0 Å². The number of alkyl carbamates (subject to hydrolysis) is 1. The van der Waals surface area contributed by atoms with Crippen molar-refractivity contribution in [1.82, 2.24) is 10.6 Å². The maximum Gasteiger partial charge on any atom is 0.407 e. The fourth-order valence-corrected chi connectivity index (χ4v) is 3.33. The van der Waals surface area contributed by atoms with Gasteiger partial charge in [0.25, 0.3) is 0 Å². The van der Waals surface area contributed by atoms with Crippen LogP contribution in [0.5, 0.6) is 0 Å². The predicted octanol–water partition coefficient (Wildman–Crippen LogP) is 1.05. The lowest BCUT2D eigenvalue weighted by Crippen LogP contribution is -2.41. The summed E-state index contributed by atoms with van der Waals surface area (Å²) in [4.78, 5) is 23.9. The van der Waals surface area contributed by atoms with Gasteiger partial charge in [-0.05, 0) is 46.1 Å². The number of carbonyl (C=O) groups is 2. The molecule has 6 nitrogen and oxygen atoms in total. The van der Waals surface area contributed by atoms with E-state index in [1.54, 1.807) is 0 Å². The molecular weight excluding hydrogens is 260 g/mol. The quantitative estimate of drug-likeness (QED) is 0.741. The molecule has 0 aromatic rings. The van der Waals surface area contributed by atoms with E-state index in [2.05, 4.69) is 10.6 Å². The summed E-state index contributed by atoms with van der Waals surface area (Å²) in [6, 6.07) is -0.0314. The van der Waals surface area contributed by atoms with Crippen molar-refractivity contribution in [2.45, 2.75) is 45.3 Å². The van der Waals surface area contributed by atoms with Crippen LogP contribution in [0, 0.1) is 11.3 Å². The first-order valence-electron chi connectivity index (χ1n) is 7.05. The number of hydrogen-bond donors (Lipinski definition) is 2. The minimum atomic E-state index is -0.514. The summed E-state index contributed by atoms with van der Waals surface area (Å²) in [7, 11) is 1.42. The van der Waals surface area contributed by atoms with Crippen LogP contribution >= 0.6 is 0 Å². The molecule has 2 N–H and O–H groups in total. The average Bonchev–Trinajstić information content (AvgIpc) is 2.82. The van der Waals surface area contributed by atoms with Crippen molar-refractivity contribution in [3.63, 3.8) is 0 Å². The normalized spacial score (nSPS) is 32.6. The van der Waals surface area contributed by atoms with Crippen LogP contribution in [0.3, 0.4) is 0 Å². The first-order valence-corrected chi connectivity index (χ1v) is 7.05. The zero-order chi connectivity index (χ0) is 15.0. The third kappa shape index (κ3) is 2.90. The Bertz CT molecular complexity index is 404. The lowest BCUT2D eigenvalue weighted by molar-refractivity contribution is -0.153. The number of rotatable bonds is 2. The lowest BCUT2D eigenvalue weighted by atomic mass is 9.81. The number of carbonyl (C=O) groups excluding carboxylic acids is 2. The van der Waals surface area contributed by atoms with E-state index in [0.717, 1.165) is 13.0 Å². The van der Waals surface area contributed by atoms with Crippen LogP contribution in [0.25, 0.3) is 0 Å². The number of ether oxygens (including phenoxy) is 2. The van der Waals surface area contributed by atoms with E-state index in [1.165, 1.54) is 7.11 Å². The molecule has 1 aliphatic heterocycles. The molecule has 20 heavy (non-hydrogen) atoms. The van der Waals surface area contributed by atoms with Crippen LogP contribution in [0.1, 0.15) is 33.6 Å². The van der Waals surface area contributed by atoms with Gasteiger partial charge in [-0.3, -0.25) is 4.79 Å². The van der Waals surface area contributed by atoms with E-state index in [1.807, 2.05) is 20.8 Å². The molecular formula is C14H24N2O4. The molecule has 0 spiro atoms. The number of hydrogen-bond acceptors (Lipinski definition) is 5. The van der Waals surface area contributed by atoms with Crippen molar-refractivity contribution in [2.24, 2.45) is 11.3 Å². The van der Waals surface area contributed by atoms with Gasteiger partial charge >= 0.3 is 12.1 Å². The predicted molar refractivity (Wildman–Crippen MR) is 73.2 cm³/mol. The van der Waals surface area contributed by atoms with E-state index in [9.17, 15) is 9.59 Å². The van der Waals surface area contributed by atoms with Crippen LogP contribution in [-0.4, -0.2) is 43.9 Å². The third-order valence-electron chi connectivity index (χ3n) is 4.11. The van der Waals surface area contributed by atoms with Gasteiger partial charge < -0.3 is 20.1 Å². The second-order valence-electron chi connectivity index (χ2n) is 6.76. The molecule has 0 radical (unpaired) electrons. The van der Waals surface area contributed by atoms with Crippen molar-refractivity contribution < 1.29 is 19.1 Å². The van der Waals surface area contributed by atoms with Crippen LogP contribution in [-0.2, 0) is 14.3 Å². The average molecular weight is 284 g/mol. The molecule has 1 heterocycles. The Labute approximate surface area is 119 Å². The van der Waals surface area contributed by atoms with Crippen molar-refractivity contribution in [3.8, 4) is 0 Å². The number of esters is 1. The topological polar surface area (TPSA) is 76.7 Å². The molecule has 114 valence electrons. The number of nitrogens with one attached hydrogen (secondary N) is 2. The monoisotopic (exact) mass is 284 g/mol. The summed E-state index contributed by atoms with van der Waals surface area (Å²) in [5, 5.41) is 6.12. The molecule has 0 bridgehead atoms. The highest BCUT2D eigenvalue weighted by atomic mass is 16.6. The Morgan fingerprint density at radius 2 is 2.05 bits per heavy atom. The Morgan fingerprint density at radius 1 is 1.35 bits per heavy atom. The molecule has 0 aromatic carbocycles. The fraction of sp³-hybridized carbons (Fsp3) is 0.857. The Morgan fingerprint density at radius 3 is 2.65 bits per heavy atom. The molecule has 1 amide bonds. The standard InChI is InChI=1S/C14H24N2O4/c1-13(2,3)20-12(18)16-10-5-9-7-15-8-14(9,6-10)11(17)19-4/h9-10,15H,5-8H2,1-4H3,(H,16,18)/t9-,10+,14+/m0/s1. The summed E-state index contributed by atoms with van der Waals surface area (Å²) in [6.45, 7) is 6.90. The van der Waals surface area contributed by atoms with Gasteiger partial charge in [0.1, 0.15) is 5.60 Å². The van der Waals surface area contributed by atoms with Gasteiger partial charge in [-0.25, -0.2) is 4.79 Å². The second-order valence-corrected chi connectivity index (χ2v) is 6.76. The summed E-state index contributed by atoms with van der Waals surface area (Å²) in [5.41, 5.74) is -1.01. The Balaban J connectivity index is 1.98. The van der Waals surface area contributed by atoms with E-state index in [4.69, 9.17) is 9.47 Å². The van der Waals surface area contributed by atoms with Gasteiger partial charge in [0.2, 0.25) is 0 Å². The smallest absolute Gasteiger partial charge is 0.407 e. The Kier molecular flexibility index (Phi) is 3.95. The SMILES string of the molecule is COC(=O)[C@]12CNC[C@@H]1C[C@@H](NC(=O)OC(C)(C)C)C2.